The molecule has 20 heavy (non-hydrogen) atoms. The smallest absolute Gasteiger partial charge is 0.348 e. The first kappa shape index (κ1) is 14.2. The summed E-state index contributed by atoms with van der Waals surface area (Å²) in [6.07, 6.45) is 0.680. The van der Waals surface area contributed by atoms with Crippen LogP contribution in [0.3, 0.4) is 0 Å². The minimum Gasteiger partial charge on any atom is -0.477 e. The lowest BCUT2D eigenvalue weighted by Crippen LogP contribution is -2.13. The average Bonchev–Trinajstić information content (AvgIpc) is 2.86. The SMILES string of the molecule is O=C(CCc1ccc(F)cc1)Nc1ccsc1C(=O)O. The molecular weight excluding hydrogens is 281 g/mol. The summed E-state index contributed by atoms with van der Waals surface area (Å²) in [5.41, 5.74) is 1.16. The van der Waals surface area contributed by atoms with Crippen molar-refractivity contribution in [3.05, 3.63) is 52.0 Å². The molecule has 1 amide bonds. The van der Waals surface area contributed by atoms with Gasteiger partial charge in [-0.2, -0.15) is 0 Å². The van der Waals surface area contributed by atoms with E-state index in [-0.39, 0.29) is 23.0 Å². The van der Waals surface area contributed by atoms with E-state index in [0.29, 0.717) is 12.1 Å². The number of carbonyl (C=O) groups is 2. The number of carboxylic acids is 1. The largest absolute Gasteiger partial charge is 0.477 e. The monoisotopic (exact) mass is 293 g/mol. The summed E-state index contributed by atoms with van der Waals surface area (Å²) in [6.45, 7) is 0. The van der Waals surface area contributed by atoms with Crippen molar-refractivity contribution in [1.29, 1.82) is 0 Å². The molecule has 1 aromatic heterocycles. The van der Waals surface area contributed by atoms with Crippen LogP contribution in [0.2, 0.25) is 0 Å². The molecule has 1 aromatic carbocycles. The van der Waals surface area contributed by atoms with Crippen LogP contribution in [0, 0.1) is 5.82 Å². The number of carbonyl (C=O) groups excluding carboxylic acids is 1. The van der Waals surface area contributed by atoms with Crippen LogP contribution in [0.15, 0.2) is 35.7 Å². The normalized spacial score (nSPS) is 10.2. The number of hydrogen-bond acceptors (Lipinski definition) is 3. The van der Waals surface area contributed by atoms with Crippen LogP contribution in [-0.2, 0) is 11.2 Å². The van der Waals surface area contributed by atoms with Gasteiger partial charge in [-0.1, -0.05) is 12.1 Å². The highest BCUT2D eigenvalue weighted by molar-refractivity contribution is 7.12. The number of aromatic carboxylic acids is 1. The van der Waals surface area contributed by atoms with E-state index < -0.39 is 5.97 Å². The summed E-state index contributed by atoms with van der Waals surface area (Å²) >= 11 is 1.06. The molecule has 2 rings (SSSR count). The van der Waals surface area contributed by atoms with E-state index in [1.807, 2.05) is 0 Å². The highest BCUT2D eigenvalue weighted by Crippen LogP contribution is 2.22. The van der Waals surface area contributed by atoms with Gasteiger partial charge < -0.3 is 10.4 Å². The molecule has 0 aliphatic rings. The maximum atomic E-state index is 12.7. The van der Waals surface area contributed by atoms with Gasteiger partial charge in [-0.15, -0.1) is 11.3 Å². The van der Waals surface area contributed by atoms with Crippen LogP contribution in [0.5, 0.6) is 0 Å². The van der Waals surface area contributed by atoms with Crippen molar-refractivity contribution in [3.8, 4) is 0 Å². The van der Waals surface area contributed by atoms with Gasteiger partial charge in [0.05, 0.1) is 5.69 Å². The first-order valence-corrected chi connectivity index (χ1v) is 6.79. The fraction of sp³-hybridized carbons (Fsp3) is 0.143. The van der Waals surface area contributed by atoms with Crippen LogP contribution in [-0.4, -0.2) is 17.0 Å². The Morgan fingerprint density at radius 1 is 1.20 bits per heavy atom. The molecule has 0 aliphatic carbocycles. The Labute approximate surface area is 118 Å². The van der Waals surface area contributed by atoms with Crippen molar-refractivity contribution in [3.63, 3.8) is 0 Å². The number of carboxylic acid groups (broad SMARTS) is 1. The number of anilines is 1. The minimum atomic E-state index is -1.06. The maximum absolute atomic E-state index is 12.7. The Balaban J connectivity index is 1.91. The number of aryl methyl sites for hydroxylation is 1. The van der Waals surface area contributed by atoms with Gasteiger partial charge in [0.25, 0.3) is 0 Å². The summed E-state index contributed by atoms with van der Waals surface area (Å²) in [4.78, 5) is 22.8. The van der Waals surface area contributed by atoms with Gasteiger partial charge >= 0.3 is 5.97 Å². The molecule has 0 bridgehead atoms. The van der Waals surface area contributed by atoms with Gasteiger partial charge in [0.1, 0.15) is 10.7 Å². The molecule has 104 valence electrons. The van der Waals surface area contributed by atoms with E-state index >= 15 is 0 Å². The van der Waals surface area contributed by atoms with Gasteiger partial charge in [-0.3, -0.25) is 4.79 Å². The van der Waals surface area contributed by atoms with Gasteiger partial charge in [0.2, 0.25) is 5.91 Å². The van der Waals surface area contributed by atoms with Gasteiger partial charge in [0.15, 0.2) is 0 Å². The first-order chi connectivity index (χ1) is 9.56. The second kappa shape index (κ2) is 6.29. The molecule has 2 aromatic rings. The van der Waals surface area contributed by atoms with Crippen molar-refractivity contribution in [2.75, 3.05) is 5.32 Å². The third kappa shape index (κ3) is 3.64. The highest BCUT2D eigenvalue weighted by atomic mass is 32.1. The second-order valence-electron chi connectivity index (χ2n) is 4.14. The number of halogens is 1. The number of amides is 1. The Hall–Kier alpha value is -2.21. The van der Waals surface area contributed by atoms with Crippen molar-refractivity contribution in [2.24, 2.45) is 0 Å². The van der Waals surface area contributed by atoms with Crippen molar-refractivity contribution >= 4 is 28.9 Å². The van der Waals surface area contributed by atoms with E-state index in [1.54, 1.807) is 23.6 Å². The predicted molar refractivity (Wildman–Crippen MR) is 74.6 cm³/mol. The Morgan fingerprint density at radius 2 is 1.90 bits per heavy atom. The number of hydrogen-bond donors (Lipinski definition) is 2. The van der Waals surface area contributed by atoms with Crippen LogP contribution in [0.25, 0.3) is 0 Å². The summed E-state index contributed by atoms with van der Waals surface area (Å²) in [6, 6.07) is 7.49. The molecule has 6 heteroatoms. The van der Waals surface area contributed by atoms with Gasteiger partial charge in [-0.25, -0.2) is 9.18 Å². The minimum absolute atomic E-state index is 0.111. The van der Waals surface area contributed by atoms with Crippen LogP contribution >= 0.6 is 11.3 Å². The Kier molecular flexibility index (Phi) is 4.47. The predicted octanol–water partition coefficient (Wildman–Crippen LogP) is 3.16. The lowest BCUT2D eigenvalue weighted by atomic mass is 10.1. The number of benzene rings is 1. The second-order valence-corrected chi connectivity index (χ2v) is 5.06. The first-order valence-electron chi connectivity index (χ1n) is 5.91. The molecule has 0 aliphatic heterocycles. The zero-order chi connectivity index (χ0) is 14.5. The third-order valence-corrected chi connectivity index (χ3v) is 3.59. The average molecular weight is 293 g/mol. The molecule has 0 saturated carbocycles. The fourth-order valence-corrected chi connectivity index (χ4v) is 2.38. The highest BCUT2D eigenvalue weighted by Gasteiger charge is 2.13. The van der Waals surface area contributed by atoms with Crippen molar-refractivity contribution < 1.29 is 19.1 Å². The van der Waals surface area contributed by atoms with Crippen molar-refractivity contribution in [1.82, 2.24) is 0 Å². The van der Waals surface area contributed by atoms with Crippen LogP contribution in [0.4, 0.5) is 10.1 Å². The molecule has 0 fully saturated rings. The molecule has 4 nitrogen and oxygen atoms in total. The van der Waals surface area contributed by atoms with E-state index in [4.69, 9.17) is 5.11 Å². The molecule has 0 saturated heterocycles. The number of rotatable bonds is 5. The number of thiophene rings is 1. The third-order valence-electron chi connectivity index (χ3n) is 2.69. The molecule has 0 radical (unpaired) electrons. The zero-order valence-electron chi connectivity index (χ0n) is 10.4. The van der Waals surface area contributed by atoms with Crippen LogP contribution in [0.1, 0.15) is 21.7 Å². The quantitative estimate of drug-likeness (QED) is 0.890. The van der Waals surface area contributed by atoms with E-state index in [2.05, 4.69) is 5.32 Å². The lowest BCUT2D eigenvalue weighted by Gasteiger charge is -2.04. The van der Waals surface area contributed by atoms with E-state index in [9.17, 15) is 14.0 Å². The molecule has 0 atom stereocenters. The zero-order valence-corrected chi connectivity index (χ0v) is 11.2. The van der Waals surface area contributed by atoms with Gasteiger partial charge in [-0.05, 0) is 35.6 Å². The summed E-state index contributed by atoms with van der Waals surface area (Å²) < 4.78 is 12.7. The summed E-state index contributed by atoms with van der Waals surface area (Å²) in [5.74, 6) is -1.65. The summed E-state index contributed by atoms with van der Waals surface area (Å²) in [7, 11) is 0. The standard InChI is InChI=1S/C14H12FNO3S/c15-10-4-1-9(2-5-10)3-6-12(17)16-11-7-8-20-13(11)14(18)19/h1-2,4-5,7-8H,3,6H2,(H,16,17)(H,18,19). The molecular formula is C14H12FNO3S. The molecule has 0 spiro atoms. The Morgan fingerprint density at radius 3 is 2.55 bits per heavy atom. The maximum Gasteiger partial charge on any atom is 0.348 e. The van der Waals surface area contributed by atoms with E-state index in [1.165, 1.54) is 12.1 Å². The molecule has 2 N–H and O–H groups in total. The van der Waals surface area contributed by atoms with Crippen LogP contribution < -0.4 is 5.32 Å². The Bertz CT molecular complexity index is 622. The topological polar surface area (TPSA) is 66.4 Å². The van der Waals surface area contributed by atoms with Gasteiger partial charge in [0, 0.05) is 6.42 Å². The molecule has 1 heterocycles. The van der Waals surface area contributed by atoms with Crippen molar-refractivity contribution in [2.45, 2.75) is 12.8 Å². The van der Waals surface area contributed by atoms with E-state index in [0.717, 1.165) is 16.9 Å². The lowest BCUT2D eigenvalue weighted by molar-refractivity contribution is -0.116. The number of nitrogens with one attached hydrogen (secondary N) is 1. The molecule has 0 unspecified atom stereocenters. The fourth-order valence-electron chi connectivity index (χ4n) is 1.69. The summed E-state index contributed by atoms with van der Waals surface area (Å²) in [5, 5.41) is 13.1.